The van der Waals surface area contributed by atoms with Crippen molar-refractivity contribution in [3.63, 3.8) is 0 Å². The third-order valence-corrected chi connectivity index (χ3v) is 4.43. The maximum absolute atomic E-state index is 12.2. The van der Waals surface area contributed by atoms with Crippen molar-refractivity contribution in [1.82, 2.24) is 4.23 Å². The summed E-state index contributed by atoms with van der Waals surface area (Å²) in [5.74, 6) is 0. The first kappa shape index (κ1) is 11.7. The first-order valence-electron chi connectivity index (χ1n) is 4.14. The van der Waals surface area contributed by atoms with Crippen LogP contribution in [-0.2, 0) is 0 Å². The molecule has 1 rings (SSSR count). The quantitative estimate of drug-likeness (QED) is 0.561. The molecule has 0 aliphatic rings. The predicted molar refractivity (Wildman–Crippen MR) is 55.1 cm³/mol. The second-order valence-corrected chi connectivity index (χ2v) is 9.84. The zero-order valence-corrected chi connectivity index (χ0v) is 10.0. The van der Waals surface area contributed by atoms with Gasteiger partial charge >= 0.3 is 5.51 Å². The Morgan fingerprint density at radius 2 is 1.86 bits per heavy atom. The summed E-state index contributed by atoms with van der Waals surface area (Å²) >= 11 is -0.0414. The van der Waals surface area contributed by atoms with Crippen molar-refractivity contribution in [2.45, 2.75) is 30.2 Å². The zero-order valence-electron chi connectivity index (χ0n) is 8.22. The first-order valence-corrected chi connectivity index (χ1v) is 8.40. The van der Waals surface area contributed by atoms with Crippen molar-refractivity contribution in [1.29, 1.82) is 0 Å². The van der Waals surface area contributed by atoms with Crippen molar-refractivity contribution in [2.75, 3.05) is 0 Å². The maximum Gasteiger partial charge on any atom is 0.447 e. The van der Waals surface area contributed by atoms with Gasteiger partial charge in [0.1, 0.15) is 0 Å². The fourth-order valence-corrected chi connectivity index (χ4v) is 3.89. The lowest BCUT2D eigenvalue weighted by molar-refractivity contribution is -0.0329. The summed E-state index contributed by atoms with van der Waals surface area (Å²) in [7, 11) is -1.73. The predicted octanol–water partition coefficient (Wildman–Crippen LogP) is 3.78. The number of aromatic nitrogens is 1. The molecule has 0 aliphatic carbocycles. The van der Waals surface area contributed by atoms with Crippen LogP contribution in [0.4, 0.5) is 13.2 Å². The lowest BCUT2D eigenvalue weighted by atomic mass is 10.7. The fourth-order valence-electron chi connectivity index (χ4n) is 1.12. The van der Waals surface area contributed by atoms with Crippen molar-refractivity contribution in [3.8, 4) is 0 Å². The maximum atomic E-state index is 12.2. The molecule has 14 heavy (non-hydrogen) atoms. The van der Waals surface area contributed by atoms with Crippen molar-refractivity contribution < 1.29 is 13.2 Å². The summed E-state index contributed by atoms with van der Waals surface area (Å²) in [6.07, 6.45) is 1.72. The molecule has 0 saturated heterocycles. The van der Waals surface area contributed by atoms with Gasteiger partial charge in [0.2, 0.25) is 0 Å². The van der Waals surface area contributed by atoms with Gasteiger partial charge in [0, 0.05) is 11.8 Å². The van der Waals surface area contributed by atoms with Gasteiger partial charge in [-0.2, -0.15) is 13.2 Å². The van der Waals surface area contributed by atoms with Gasteiger partial charge in [0.25, 0.3) is 0 Å². The highest BCUT2D eigenvalue weighted by atomic mass is 32.2. The molecular formula is C8H12F3NSSi. The van der Waals surface area contributed by atoms with Crippen LogP contribution < -0.4 is 0 Å². The first-order chi connectivity index (χ1) is 6.20. The van der Waals surface area contributed by atoms with E-state index < -0.39 is 13.7 Å². The van der Waals surface area contributed by atoms with E-state index >= 15 is 0 Å². The van der Waals surface area contributed by atoms with Gasteiger partial charge in [-0.05, 0) is 18.3 Å². The Morgan fingerprint density at radius 1 is 1.29 bits per heavy atom. The van der Waals surface area contributed by atoms with Gasteiger partial charge < -0.3 is 4.23 Å². The second-order valence-electron chi connectivity index (χ2n) is 3.94. The zero-order chi connectivity index (χ0) is 11.0. The monoisotopic (exact) mass is 239 g/mol. The molecular weight excluding hydrogens is 227 g/mol. The third-order valence-electron chi connectivity index (χ3n) is 1.65. The number of hydrogen-bond donors (Lipinski definition) is 0. The molecule has 0 unspecified atom stereocenters. The smallest absolute Gasteiger partial charge is 0.370 e. The van der Waals surface area contributed by atoms with Crippen LogP contribution >= 0.6 is 11.8 Å². The molecule has 1 heterocycles. The van der Waals surface area contributed by atoms with Gasteiger partial charge in [-0.1, -0.05) is 19.6 Å². The Morgan fingerprint density at radius 3 is 2.29 bits per heavy atom. The van der Waals surface area contributed by atoms with Crippen LogP contribution in [0.3, 0.4) is 0 Å². The van der Waals surface area contributed by atoms with Crippen LogP contribution in [0.5, 0.6) is 0 Å². The molecule has 0 aromatic carbocycles. The van der Waals surface area contributed by atoms with Crippen molar-refractivity contribution >= 4 is 20.0 Å². The fraction of sp³-hybridized carbons (Fsp3) is 0.500. The molecule has 0 atom stereocenters. The average molecular weight is 239 g/mol. The SMILES string of the molecule is C[Si](C)(C)n1cccc1SC(F)(F)F. The highest BCUT2D eigenvalue weighted by molar-refractivity contribution is 8.00. The van der Waals surface area contributed by atoms with Crippen LogP contribution in [0.2, 0.25) is 19.6 Å². The van der Waals surface area contributed by atoms with Crippen LogP contribution in [0.15, 0.2) is 23.4 Å². The van der Waals surface area contributed by atoms with Crippen LogP contribution in [0, 0.1) is 0 Å². The topological polar surface area (TPSA) is 4.93 Å². The molecule has 80 valence electrons. The second kappa shape index (κ2) is 3.66. The molecule has 0 fully saturated rings. The summed E-state index contributed by atoms with van der Waals surface area (Å²) in [6.45, 7) is 6.02. The lowest BCUT2D eigenvalue weighted by Gasteiger charge is -2.22. The minimum Gasteiger partial charge on any atom is -0.370 e. The molecule has 0 amide bonds. The number of rotatable bonds is 2. The molecule has 1 nitrogen and oxygen atoms in total. The Hall–Kier alpha value is -0.363. The Balaban J connectivity index is 2.95. The standard InChI is InChI=1S/C8H12F3NSSi/c1-14(2,3)12-6-4-5-7(12)13-8(9,10)11/h4-6H,1-3H3. The van der Waals surface area contributed by atoms with E-state index in [-0.39, 0.29) is 16.8 Å². The molecule has 0 saturated carbocycles. The van der Waals surface area contributed by atoms with E-state index in [0.717, 1.165) is 0 Å². The molecule has 1 aromatic rings. The van der Waals surface area contributed by atoms with E-state index in [4.69, 9.17) is 0 Å². The molecule has 0 spiro atoms. The van der Waals surface area contributed by atoms with E-state index in [0.29, 0.717) is 0 Å². The highest BCUT2D eigenvalue weighted by Crippen LogP contribution is 2.37. The number of nitrogens with zero attached hydrogens (tertiary/aromatic N) is 1. The van der Waals surface area contributed by atoms with Crippen molar-refractivity contribution in [3.05, 3.63) is 18.3 Å². The summed E-state index contributed by atoms with van der Waals surface area (Å²) in [5.41, 5.74) is -4.20. The average Bonchev–Trinajstić information content (AvgIpc) is 2.29. The van der Waals surface area contributed by atoms with Gasteiger partial charge in [-0.15, -0.1) is 0 Å². The van der Waals surface area contributed by atoms with Gasteiger partial charge in [0.15, 0.2) is 8.24 Å². The van der Waals surface area contributed by atoms with E-state index in [1.54, 1.807) is 16.5 Å². The number of hydrogen-bond acceptors (Lipinski definition) is 1. The Kier molecular flexibility index (Phi) is 3.06. The van der Waals surface area contributed by atoms with E-state index in [1.165, 1.54) is 6.07 Å². The summed E-state index contributed by atoms with van der Waals surface area (Å²) in [4.78, 5) is 0. The van der Waals surface area contributed by atoms with Crippen molar-refractivity contribution in [2.24, 2.45) is 0 Å². The minimum atomic E-state index is -4.20. The molecule has 0 bridgehead atoms. The van der Waals surface area contributed by atoms with Gasteiger partial charge in [-0.25, -0.2) is 0 Å². The Labute approximate surface area is 86.4 Å². The van der Waals surface area contributed by atoms with Crippen LogP contribution in [0.25, 0.3) is 0 Å². The molecule has 0 radical (unpaired) electrons. The van der Waals surface area contributed by atoms with E-state index in [1.807, 2.05) is 19.6 Å². The van der Waals surface area contributed by atoms with Gasteiger partial charge in [0.05, 0.1) is 5.03 Å². The third kappa shape index (κ3) is 3.09. The molecule has 1 aromatic heterocycles. The van der Waals surface area contributed by atoms with Gasteiger partial charge in [-0.3, -0.25) is 0 Å². The molecule has 6 heteroatoms. The number of thioether (sulfide) groups is 1. The van der Waals surface area contributed by atoms with Crippen LogP contribution in [0.1, 0.15) is 0 Å². The summed E-state index contributed by atoms with van der Waals surface area (Å²) in [5, 5.41) is 0.289. The minimum absolute atomic E-state index is 0.0414. The van der Waals surface area contributed by atoms with Crippen LogP contribution in [-0.4, -0.2) is 18.0 Å². The normalized spacial score (nSPS) is 13.3. The number of alkyl halides is 3. The van der Waals surface area contributed by atoms with E-state index in [9.17, 15) is 13.2 Å². The lowest BCUT2D eigenvalue weighted by Crippen LogP contribution is -2.32. The molecule has 0 aliphatic heterocycles. The highest BCUT2D eigenvalue weighted by Gasteiger charge is 2.32. The molecule has 0 N–H and O–H groups in total. The number of halogens is 3. The summed E-state index contributed by atoms with van der Waals surface area (Å²) in [6, 6.07) is 3.17. The largest absolute Gasteiger partial charge is 0.447 e. The van der Waals surface area contributed by atoms with E-state index in [2.05, 4.69) is 0 Å². The Bertz CT molecular complexity index is 313. The summed E-state index contributed by atoms with van der Waals surface area (Å²) < 4.78 is 38.2.